The fraction of sp³-hybridized carbons (Fsp3) is 0.300. The smallest absolute Gasteiger partial charge is 0.404 e. The van der Waals surface area contributed by atoms with Crippen LogP contribution in [0.5, 0.6) is 0 Å². The number of carbonyl (C=O) groups excluding carboxylic acids is 1. The van der Waals surface area contributed by atoms with Gasteiger partial charge in [-0.15, -0.1) is 0 Å². The molecule has 17 heavy (non-hydrogen) atoms. The van der Waals surface area contributed by atoms with Crippen LogP contribution in [0.3, 0.4) is 0 Å². The number of primary amides is 1. The lowest BCUT2D eigenvalue weighted by molar-refractivity contribution is -0.384. The summed E-state index contributed by atoms with van der Waals surface area (Å²) in [6.07, 6.45) is -0.870. The summed E-state index contributed by atoms with van der Waals surface area (Å²) in [7, 11) is 0. The van der Waals surface area contributed by atoms with Crippen LogP contribution in [0, 0.1) is 17.0 Å². The second kappa shape index (κ2) is 5.69. The van der Waals surface area contributed by atoms with Crippen LogP contribution in [0.1, 0.15) is 5.56 Å². The number of anilines is 1. The molecule has 1 aromatic carbocycles. The first-order chi connectivity index (χ1) is 8.00. The second-order valence-corrected chi connectivity index (χ2v) is 3.37. The average Bonchev–Trinajstić information content (AvgIpc) is 2.25. The number of carbonyl (C=O) groups is 1. The summed E-state index contributed by atoms with van der Waals surface area (Å²) in [6, 6.07) is 4.83. The number of hydrogen-bond acceptors (Lipinski definition) is 5. The molecule has 0 fully saturated rings. The summed E-state index contributed by atoms with van der Waals surface area (Å²) in [5, 5.41) is 13.6. The van der Waals surface area contributed by atoms with E-state index in [9.17, 15) is 14.9 Å². The highest BCUT2D eigenvalue weighted by molar-refractivity contribution is 5.65. The second-order valence-electron chi connectivity index (χ2n) is 3.37. The number of amides is 1. The Labute approximate surface area is 97.7 Å². The van der Waals surface area contributed by atoms with E-state index in [1.54, 1.807) is 19.1 Å². The van der Waals surface area contributed by atoms with E-state index in [4.69, 9.17) is 5.73 Å². The molecular formula is C10H13N3O4. The molecule has 0 aliphatic rings. The molecule has 1 amide bonds. The molecule has 7 heteroatoms. The minimum absolute atomic E-state index is 0.0101. The molecule has 0 aliphatic heterocycles. The Kier molecular flexibility index (Phi) is 4.27. The zero-order chi connectivity index (χ0) is 12.8. The van der Waals surface area contributed by atoms with Gasteiger partial charge in [0, 0.05) is 12.6 Å². The zero-order valence-corrected chi connectivity index (χ0v) is 9.30. The predicted molar refractivity (Wildman–Crippen MR) is 61.9 cm³/mol. The number of hydrogen-bond donors (Lipinski definition) is 2. The van der Waals surface area contributed by atoms with E-state index in [0.717, 1.165) is 5.56 Å². The molecule has 3 N–H and O–H groups in total. The summed E-state index contributed by atoms with van der Waals surface area (Å²) < 4.78 is 4.49. The molecule has 1 rings (SSSR count). The van der Waals surface area contributed by atoms with Gasteiger partial charge >= 0.3 is 6.09 Å². The van der Waals surface area contributed by atoms with E-state index in [1.807, 2.05) is 0 Å². The molecule has 0 radical (unpaired) electrons. The highest BCUT2D eigenvalue weighted by Gasteiger charge is 2.12. The van der Waals surface area contributed by atoms with E-state index in [1.165, 1.54) is 6.07 Å². The van der Waals surface area contributed by atoms with Gasteiger partial charge in [-0.05, 0) is 18.6 Å². The first-order valence-corrected chi connectivity index (χ1v) is 4.92. The fourth-order valence-electron chi connectivity index (χ4n) is 1.28. The van der Waals surface area contributed by atoms with Crippen molar-refractivity contribution in [1.82, 2.24) is 0 Å². The molecule has 0 bridgehead atoms. The lowest BCUT2D eigenvalue weighted by atomic mass is 10.2. The minimum atomic E-state index is -0.870. The number of nitrogens with zero attached hydrogens (tertiary/aromatic N) is 1. The van der Waals surface area contributed by atoms with Gasteiger partial charge in [0.25, 0.3) is 5.69 Å². The van der Waals surface area contributed by atoms with Crippen LogP contribution in [-0.2, 0) is 4.74 Å². The monoisotopic (exact) mass is 239 g/mol. The number of benzene rings is 1. The third-order valence-corrected chi connectivity index (χ3v) is 2.01. The van der Waals surface area contributed by atoms with Crippen LogP contribution >= 0.6 is 0 Å². The summed E-state index contributed by atoms with van der Waals surface area (Å²) in [5.74, 6) is 0. The van der Waals surface area contributed by atoms with Crippen molar-refractivity contribution in [3.05, 3.63) is 33.9 Å². The van der Waals surface area contributed by atoms with Gasteiger partial charge in [-0.2, -0.15) is 0 Å². The van der Waals surface area contributed by atoms with Gasteiger partial charge in [0.2, 0.25) is 0 Å². The fourth-order valence-corrected chi connectivity index (χ4v) is 1.28. The zero-order valence-electron chi connectivity index (χ0n) is 9.30. The Hall–Kier alpha value is -2.31. The number of nitro groups is 1. The maximum absolute atomic E-state index is 10.8. The molecular weight excluding hydrogens is 226 g/mol. The SMILES string of the molecule is Cc1ccc(NCCOC(N)=O)c([N+](=O)[O-])c1. The number of ether oxygens (including phenoxy) is 1. The van der Waals surface area contributed by atoms with Gasteiger partial charge in [0.05, 0.1) is 4.92 Å². The normalized spacial score (nSPS) is 9.71. The van der Waals surface area contributed by atoms with Gasteiger partial charge in [-0.25, -0.2) is 4.79 Å². The summed E-state index contributed by atoms with van der Waals surface area (Å²) in [6.45, 7) is 2.08. The van der Waals surface area contributed by atoms with Crippen molar-refractivity contribution in [3.8, 4) is 0 Å². The quantitative estimate of drug-likeness (QED) is 0.459. The van der Waals surface area contributed by atoms with Crippen molar-refractivity contribution in [1.29, 1.82) is 0 Å². The standard InChI is InChI=1S/C10H13N3O4/c1-7-2-3-8(9(6-7)13(15)16)12-4-5-17-10(11)14/h2-3,6,12H,4-5H2,1H3,(H2,11,14). The summed E-state index contributed by atoms with van der Waals surface area (Å²) in [5.41, 5.74) is 5.95. The van der Waals surface area contributed by atoms with E-state index in [2.05, 4.69) is 10.1 Å². The van der Waals surface area contributed by atoms with Crippen molar-refractivity contribution < 1.29 is 14.5 Å². The van der Waals surface area contributed by atoms with E-state index >= 15 is 0 Å². The lowest BCUT2D eigenvalue weighted by Gasteiger charge is -2.07. The van der Waals surface area contributed by atoms with Crippen molar-refractivity contribution in [3.63, 3.8) is 0 Å². The molecule has 92 valence electrons. The molecule has 0 saturated heterocycles. The highest BCUT2D eigenvalue weighted by atomic mass is 16.6. The maximum Gasteiger partial charge on any atom is 0.404 e. The number of nitro benzene ring substituents is 1. The molecule has 7 nitrogen and oxygen atoms in total. The van der Waals surface area contributed by atoms with Crippen molar-refractivity contribution in [2.24, 2.45) is 5.73 Å². The van der Waals surface area contributed by atoms with E-state index in [0.29, 0.717) is 5.69 Å². The number of nitrogens with two attached hydrogens (primary N) is 1. The predicted octanol–water partition coefficient (Wildman–Crippen LogP) is 1.41. The van der Waals surface area contributed by atoms with Gasteiger partial charge in [0.1, 0.15) is 12.3 Å². The van der Waals surface area contributed by atoms with Gasteiger partial charge in [0.15, 0.2) is 0 Å². The number of aryl methyl sites for hydroxylation is 1. The average molecular weight is 239 g/mol. The van der Waals surface area contributed by atoms with Gasteiger partial charge < -0.3 is 15.8 Å². The molecule has 0 atom stereocenters. The first-order valence-electron chi connectivity index (χ1n) is 4.92. The molecule has 0 aliphatic carbocycles. The summed E-state index contributed by atoms with van der Waals surface area (Å²) in [4.78, 5) is 20.6. The van der Waals surface area contributed by atoms with Crippen LogP contribution in [0.25, 0.3) is 0 Å². The minimum Gasteiger partial charge on any atom is -0.448 e. The Morgan fingerprint density at radius 1 is 1.59 bits per heavy atom. The molecule has 0 unspecified atom stereocenters. The molecule has 0 heterocycles. The van der Waals surface area contributed by atoms with Crippen LogP contribution in [-0.4, -0.2) is 24.2 Å². The van der Waals surface area contributed by atoms with Crippen LogP contribution in [0.4, 0.5) is 16.2 Å². The topological polar surface area (TPSA) is 107 Å². The summed E-state index contributed by atoms with van der Waals surface area (Å²) >= 11 is 0. The third-order valence-electron chi connectivity index (χ3n) is 2.01. The molecule has 1 aromatic rings. The Morgan fingerprint density at radius 2 is 2.29 bits per heavy atom. The lowest BCUT2D eigenvalue weighted by Crippen LogP contribution is -2.18. The molecule has 0 spiro atoms. The van der Waals surface area contributed by atoms with Crippen LogP contribution in [0.15, 0.2) is 18.2 Å². The van der Waals surface area contributed by atoms with Crippen LogP contribution in [0.2, 0.25) is 0 Å². The van der Waals surface area contributed by atoms with Crippen molar-refractivity contribution in [2.75, 3.05) is 18.5 Å². The van der Waals surface area contributed by atoms with Crippen LogP contribution < -0.4 is 11.1 Å². The maximum atomic E-state index is 10.8. The third kappa shape index (κ3) is 3.98. The Balaban J connectivity index is 2.64. The van der Waals surface area contributed by atoms with Gasteiger partial charge in [-0.3, -0.25) is 10.1 Å². The molecule has 0 saturated carbocycles. The largest absolute Gasteiger partial charge is 0.448 e. The number of nitrogens with one attached hydrogen (secondary N) is 1. The van der Waals surface area contributed by atoms with Crippen molar-refractivity contribution in [2.45, 2.75) is 6.92 Å². The van der Waals surface area contributed by atoms with E-state index < -0.39 is 11.0 Å². The van der Waals surface area contributed by atoms with Crippen molar-refractivity contribution >= 4 is 17.5 Å². The van der Waals surface area contributed by atoms with E-state index in [-0.39, 0.29) is 18.8 Å². The first kappa shape index (κ1) is 12.8. The Bertz CT molecular complexity index is 434. The molecule has 0 aromatic heterocycles. The number of rotatable bonds is 5. The highest BCUT2D eigenvalue weighted by Crippen LogP contribution is 2.24. The Morgan fingerprint density at radius 3 is 2.88 bits per heavy atom. The van der Waals surface area contributed by atoms with Gasteiger partial charge in [-0.1, -0.05) is 6.07 Å².